The molecule has 5 rings (SSSR count). The Morgan fingerprint density at radius 3 is 2.51 bits per heavy atom. The Labute approximate surface area is 270 Å². The molecule has 0 bridgehead atoms. The fourth-order valence-electron chi connectivity index (χ4n) is 5.99. The number of rotatable bonds is 12. The van der Waals surface area contributed by atoms with E-state index in [0.29, 0.717) is 36.9 Å². The number of para-hydroxylation sites is 1. The molecule has 1 saturated heterocycles. The number of carbonyl (C=O) groups is 2. The van der Waals surface area contributed by atoms with E-state index in [0.717, 1.165) is 28.6 Å². The van der Waals surface area contributed by atoms with Crippen molar-refractivity contribution in [1.29, 1.82) is 0 Å². The number of benzene rings is 2. The zero-order valence-corrected chi connectivity index (χ0v) is 27.2. The van der Waals surface area contributed by atoms with Crippen molar-refractivity contribution in [2.24, 2.45) is 5.92 Å². The highest BCUT2D eigenvalue weighted by Gasteiger charge is 2.37. The highest BCUT2D eigenvalue weighted by atomic mass is 32.2. The monoisotopic (exact) mass is 624 g/mol. The van der Waals surface area contributed by atoms with Crippen LogP contribution in [-0.2, 0) is 17.0 Å². The van der Waals surface area contributed by atoms with Gasteiger partial charge in [-0.15, -0.1) is 0 Å². The highest BCUT2D eigenvalue weighted by Crippen LogP contribution is 2.31. The zero-order chi connectivity index (χ0) is 31.8. The molecule has 2 N–H and O–H groups in total. The molecule has 236 valence electrons. The van der Waals surface area contributed by atoms with Crippen molar-refractivity contribution in [2.75, 3.05) is 13.1 Å². The fraction of sp³-hybridized carbons (Fsp3) is 0.405. The van der Waals surface area contributed by atoms with Crippen molar-refractivity contribution in [3.8, 4) is 0 Å². The average molecular weight is 625 g/mol. The summed E-state index contributed by atoms with van der Waals surface area (Å²) in [7, 11) is 0. The van der Waals surface area contributed by atoms with Crippen molar-refractivity contribution in [3.63, 3.8) is 0 Å². The number of carbonyl (C=O) groups excluding carboxylic acids is 2. The smallest absolute Gasteiger partial charge is 0.237 e. The molecule has 8 heteroatoms. The van der Waals surface area contributed by atoms with Gasteiger partial charge in [0, 0.05) is 53.8 Å². The van der Waals surface area contributed by atoms with E-state index in [1.165, 1.54) is 5.56 Å². The number of hydrogen-bond donors (Lipinski definition) is 2. The van der Waals surface area contributed by atoms with Crippen molar-refractivity contribution >= 4 is 34.4 Å². The maximum Gasteiger partial charge on any atom is 0.237 e. The first-order valence-electron chi connectivity index (χ1n) is 15.8. The van der Waals surface area contributed by atoms with Crippen LogP contribution < -0.4 is 5.32 Å². The lowest BCUT2D eigenvalue weighted by Gasteiger charge is -2.41. The Hall–Kier alpha value is -3.59. The summed E-state index contributed by atoms with van der Waals surface area (Å²) >= 11 is 1.86. The lowest BCUT2D eigenvalue weighted by molar-refractivity contribution is -0.129. The van der Waals surface area contributed by atoms with E-state index in [2.05, 4.69) is 26.3 Å². The lowest BCUT2D eigenvalue weighted by Crippen LogP contribution is -2.57. The van der Waals surface area contributed by atoms with Crippen LogP contribution in [0.5, 0.6) is 0 Å². The minimum absolute atomic E-state index is 0.0163. The van der Waals surface area contributed by atoms with Crippen LogP contribution in [0.4, 0.5) is 0 Å². The van der Waals surface area contributed by atoms with Crippen LogP contribution in [0.25, 0.3) is 10.9 Å². The number of nitrogens with zero attached hydrogens (tertiary/aromatic N) is 3. The summed E-state index contributed by atoms with van der Waals surface area (Å²) in [6.07, 6.45) is 5.20. The molecule has 0 spiro atoms. The van der Waals surface area contributed by atoms with Gasteiger partial charge in [-0.3, -0.25) is 19.5 Å². The van der Waals surface area contributed by atoms with Gasteiger partial charge in [0.25, 0.3) is 0 Å². The molecule has 1 amide bonds. The summed E-state index contributed by atoms with van der Waals surface area (Å²) in [4.78, 5) is 38.2. The molecular formula is C37H44N4O3S. The summed E-state index contributed by atoms with van der Waals surface area (Å²) in [5.41, 5.74) is 3.05. The zero-order valence-electron chi connectivity index (χ0n) is 26.4. The number of nitrogens with one attached hydrogen (secondary N) is 1. The van der Waals surface area contributed by atoms with Gasteiger partial charge >= 0.3 is 0 Å². The molecular weight excluding hydrogens is 580 g/mol. The number of aliphatic hydroxyl groups is 1. The van der Waals surface area contributed by atoms with Crippen LogP contribution in [0.1, 0.15) is 61.6 Å². The molecule has 1 aliphatic rings. The second-order valence-corrected chi connectivity index (χ2v) is 14.4. The van der Waals surface area contributed by atoms with E-state index in [1.807, 2.05) is 105 Å². The van der Waals surface area contributed by atoms with Gasteiger partial charge in [-0.05, 0) is 75.3 Å². The van der Waals surface area contributed by atoms with E-state index < -0.39 is 6.10 Å². The van der Waals surface area contributed by atoms with Crippen molar-refractivity contribution in [2.45, 2.75) is 75.1 Å². The van der Waals surface area contributed by atoms with Crippen LogP contribution in [-0.4, -0.2) is 67.7 Å². The number of aliphatic hydroxyl groups excluding tert-OH is 1. The summed E-state index contributed by atoms with van der Waals surface area (Å²) in [5, 5.41) is 16.3. The van der Waals surface area contributed by atoms with E-state index >= 15 is 0 Å². The summed E-state index contributed by atoms with van der Waals surface area (Å²) in [5.74, 6) is 0.404. The number of pyridine rings is 2. The summed E-state index contributed by atoms with van der Waals surface area (Å²) < 4.78 is 0. The van der Waals surface area contributed by atoms with Crippen molar-refractivity contribution in [1.82, 2.24) is 20.2 Å². The Morgan fingerprint density at radius 1 is 1.00 bits per heavy atom. The van der Waals surface area contributed by atoms with Gasteiger partial charge in [0.15, 0.2) is 5.78 Å². The van der Waals surface area contributed by atoms with Gasteiger partial charge < -0.3 is 10.4 Å². The minimum atomic E-state index is -0.806. The van der Waals surface area contributed by atoms with Crippen LogP contribution in [0.3, 0.4) is 0 Å². The average Bonchev–Trinajstić information content (AvgIpc) is 3.03. The van der Waals surface area contributed by atoms with E-state index in [1.54, 1.807) is 12.3 Å². The second kappa shape index (κ2) is 15.1. The number of piperidine rings is 1. The molecule has 0 saturated carbocycles. The number of thioether (sulfide) groups is 1. The number of fused-ring (bicyclic) bond motifs is 1. The van der Waals surface area contributed by atoms with Gasteiger partial charge in [0.2, 0.25) is 5.91 Å². The van der Waals surface area contributed by atoms with E-state index in [4.69, 9.17) is 0 Å². The van der Waals surface area contributed by atoms with Gasteiger partial charge in [-0.25, -0.2) is 4.98 Å². The number of β-amino-alcohol motifs (C(OH)–C–C–N with tert-alkyl or cyclic N) is 1. The van der Waals surface area contributed by atoms with Crippen molar-refractivity contribution < 1.29 is 14.7 Å². The molecule has 4 atom stereocenters. The van der Waals surface area contributed by atoms with E-state index in [9.17, 15) is 14.7 Å². The molecule has 2 aromatic heterocycles. The normalized spacial score (nSPS) is 18.8. The number of hydrogen-bond acceptors (Lipinski definition) is 7. The highest BCUT2D eigenvalue weighted by molar-refractivity contribution is 7.99. The predicted molar refractivity (Wildman–Crippen MR) is 182 cm³/mol. The SMILES string of the molecule is CC(C)(C)NC(=O)C1CC(SCc2cccnc2)CCN1CC(O)C(CC(=O)c1ccc2ccccc2n1)Cc1ccccc1. The predicted octanol–water partition coefficient (Wildman–Crippen LogP) is 6.10. The molecule has 0 radical (unpaired) electrons. The first-order chi connectivity index (χ1) is 21.6. The van der Waals surface area contributed by atoms with Crippen LogP contribution in [0, 0.1) is 5.92 Å². The van der Waals surface area contributed by atoms with Crippen molar-refractivity contribution in [3.05, 3.63) is 108 Å². The Morgan fingerprint density at radius 2 is 1.76 bits per heavy atom. The van der Waals surface area contributed by atoms with Crippen LogP contribution in [0.2, 0.25) is 0 Å². The van der Waals surface area contributed by atoms with Gasteiger partial charge in [-0.2, -0.15) is 11.8 Å². The number of likely N-dealkylation sites (tertiary alicyclic amines) is 1. The van der Waals surface area contributed by atoms with Crippen LogP contribution >= 0.6 is 11.8 Å². The topological polar surface area (TPSA) is 95.4 Å². The second-order valence-electron chi connectivity index (χ2n) is 13.1. The van der Waals surface area contributed by atoms with Crippen LogP contribution in [0.15, 0.2) is 91.3 Å². The summed E-state index contributed by atoms with van der Waals surface area (Å²) in [6, 6.07) is 25.1. The molecule has 4 aromatic rings. The Balaban J connectivity index is 1.32. The number of aromatic nitrogens is 2. The van der Waals surface area contributed by atoms with Gasteiger partial charge in [0.05, 0.1) is 17.7 Å². The lowest BCUT2D eigenvalue weighted by atomic mass is 9.87. The standard InChI is InChI=1S/C37H44N4O3S/c1-37(2,3)40-36(44)33-22-30(45-25-27-12-9-18-38-23-27)17-19-41(33)24-35(43)29(20-26-10-5-4-6-11-26)21-34(42)32-16-15-28-13-7-8-14-31(28)39-32/h4-16,18,23,29-30,33,35,43H,17,19-22,24-25H2,1-3H3,(H,40,44). The fourth-order valence-corrected chi connectivity index (χ4v) is 7.18. The molecule has 0 aliphatic carbocycles. The third-order valence-corrected chi connectivity index (χ3v) is 9.71. The largest absolute Gasteiger partial charge is 0.391 e. The molecule has 3 heterocycles. The maximum atomic E-state index is 13.6. The third kappa shape index (κ3) is 9.45. The summed E-state index contributed by atoms with van der Waals surface area (Å²) in [6.45, 7) is 6.98. The minimum Gasteiger partial charge on any atom is -0.391 e. The van der Waals surface area contributed by atoms with Gasteiger partial charge in [-0.1, -0.05) is 60.7 Å². The molecule has 1 fully saturated rings. The van der Waals surface area contributed by atoms with Gasteiger partial charge in [0.1, 0.15) is 5.69 Å². The molecule has 45 heavy (non-hydrogen) atoms. The maximum absolute atomic E-state index is 13.6. The Kier molecular flexibility index (Phi) is 11.0. The molecule has 2 aromatic carbocycles. The first kappa shape index (κ1) is 32.8. The molecule has 4 unspecified atom stereocenters. The molecule has 7 nitrogen and oxygen atoms in total. The van der Waals surface area contributed by atoms with E-state index in [-0.39, 0.29) is 35.6 Å². The number of ketones is 1. The Bertz CT molecular complexity index is 1560. The third-order valence-electron chi connectivity index (χ3n) is 8.31. The number of amides is 1. The quantitative estimate of drug-likeness (QED) is 0.184. The molecule has 1 aliphatic heterocycles. The first-order valence-corrected chi connectivity index (χ1v) is 16.9. The number of Topliss-reactive ketones (excluding diaryl/α,β-unsaturated/α-hetero) is 1.